The summed E-state index contributed by atoms with van der Waals surface area (Å²) in [4.78, 5) is 18.3. The summed E-state index contributed by atoms with van der Waals surface area (Å²) in [7, 11) is 0. The Morgan fingerprint density at radius 2 is 2.24 bits per heavy atom. The number of aromatic nitrogens is 5. The normalized spacial score (nSPS) is 12.8. The molecule has 3 aromatic rings. The molecule has 3 heterocycles. The van der Waals surface area contributed by atoms with Crippen LogP contribution in [0.15, 0.2) is 25.0 Å². The van der Waals surface area contributed by atoms with Crippen molar-refractivity contribution in [3.63, 3.8) is 0 Å². The summed E-state index contributed by atoms with van der Waals surface area (Å²) in [6, 6.07) is -0.0606. The molecule has 0 saturated heterocycles. The molecule has 0 saturated carbocycles. The van der Waals surface area contributed by atoms with Crippen LogP contribution in [0.4, 0.5) is 5.82 Å². The molecule has 0 aliphatic heterocycles. The first-order valence-corrected chi connectivity index (χ1v) is 6.66. The second-order valence-electron chi connectivity index (χ2n) is 4.84. The van der Waals surface area contributed by atoms with Crippen molar-refractivity contribution in [1.29, 1.82) is 0 Å². The highest BCUT2D eigenvalue weighted by molar-refractivity contribution is 5.86. The number of aliphatic hydroxyl groups excluding tert-OH is 1. The molecule has 3 rings (SSSR count). The number of anilines is 1. The minimum absolute atomic E-state index is 0.0402. The Hall–Kier alpha value is -2.45. The van der Waals surface area contributed by atoms with Crippen LogP contribution in [0.5, 0.6) is 0 Å². The van der Waals surface area contributed by atoms with Crippen LogP contribution < -0.4 is 11.1 Å². The molecule has 1 atom stereocenters. The molecule has 0 bridgehead atoms. The number of nitrogens with two attached hydrogens (primary N) is 1. The Kier molecular flexibility index (Phi) is 3.80. The second-order valence-corrected chi connectivity index (χ2v) is 4.84. The average molecular weight is 287 g/mol. The van der Waals surface area contributed by atoms with E-state index < -0.39 is 0 Å². The molecule has 0 fully saturated rings. The lowest BCUT2D eigenvalue weighted by molar-refractivity contribution is 0.240. The number of aliphatic hydroxyl groups is 1. The molecule has 0 aliphatic carbocycles. The fourth-order valence-electron chi connectivity index (χ4n) is 2.26. The van der Waals surface area contributed by atoms with Gasteiger partial charge < -0.3 is 26.1 Å². The van der Waals surface area contributed by atoms with E-state index in [0.717, 1.165) is 22.3 Å². The number of nitrogens with one attached hydrogen (secondary N) is 3. The van der Waals surface area contributed by atoms with Gasteiger partial charge >= 0.3 is 0 Å². The molecule has 21 heavy (non-hydrogen) atoms. The summed E-state index contributed by atoms with van der Waals surface area (Å²) in [5, 5.41) is 12.8. The first-order valence-electron chi connectivity index (χ1n) is 6.66. The Labute approximate surface area is 120 Å². The van der Waals surface area contributed by atoms with Gasteiger partial charge in [0.1, 0.15) is 11.8 Å². The SMILES string of the molecule is Nc1ncnc2c(CNC(CO)Cc3cnc[nH]3)c[nH]c12. The lowest BCUT2D eigenvalue weighted by Gasteiger charge is -2.14. The Morgan fingerprint density at radius 1 is 1.33 bits per heavy atom. The van der Waals surface area contributed by atoms with E-state index in [9.17, 15) is 5.11 Å². The third-order valence-corrected chi connectivity index (χ3v) is 3.39. The largest absolute Gasteiger partial charge is 0.395 e. The molecule has 0 spiro atoms. The summed E-state index contributed by atoms with van der Waals surface area (Å²) in [6.45, 7) is 0.619. The van der Waals surface area contributed by atoms with Gasteiger partial charge in [0.25, 0.3) is 0 Å². The lowest BCUT2D eigenvalue weighted by atomic mass is 10.1. The standard InChI is InChI=1S/C13H17N7O/c14-13-12-11(19-7-20-13)8(3-17-12)2-16-10(5-21)1-9-4-15-6-18-9/h3-4,6-7,10,16-17,21H,1-2,5H2,(H,15,18)(H2,14,19,20). The van der Waals surface area contributed by atoms with E-state index >= 15 is 0 Å². The lowest BCUT2D eigenvalue weighted by Crippen LogP contribution is -2.34. The van der Waals surface area contributed by atoms with Crippen LogP contribution in [0, 0.1) is 0 Å². The highest BCUT2D eigenvalue weighted by Gasteiger charge is 2.12. The zero-order chi connectivity index (χ0) is 14.7. The van der Waals surface area contributed by atoms with Gasteiger partial charge in [-0.05, 0) is 0 Å². The van der Waals surface area contributed by atoms with Crippen LogP contribution >= 0.6 is 0 Å². The van der Waals surface area contributed by atoms with Gasteiger partial charge in [0.2, 0.25) is 0 Å². The third-order valence-electron chi connectivity index (χ3n) is 3.39. The van der Waals surface area contributed by atoms with Crippen LogP contribution in [0.3, 0.4) is 0 Å². The number of hydrogen-bond acceptors (Lipinski definition) is 6. The minimum atomic E-state index is -0.0606. The maximum Gasteiger partial charge on any atom is 0.151 e. The highest BCUT2D eigenvalue weighted by atomic mass is 16.3. The summed E-state index contributed by atoms with van der Waals surface area (Å²) < 4.78 is 0. The molecule has 8 heteroatoms. The van der Waals surface area contributed by atoms with Crippen molar-refractivity contribution in [2.45, 2.75) is 19.0 Å². The molecule has 0 amide bonds. The summed E-state index contributed by atoms with van der Waals surface area (Å²) >= 11 is 0. The summed E-state index contributed by atoms with van der Waals surface area (Å²) in [6.07, 6.45) is 7.36. The quantitative estimate of drug-likeness (QED) is 0.432. The van der Waals surface area contributed by atoms with Gasteiger partial charge in [0.15, 0.2) is 5.82 Å². The molecule has 0 aliphatic rings. The van der Waals surface area contributed by atoms with E-state index in [1.807, 2.05) is 6.20 Å². The Morgan fingerprint density at radius 3 is 3.00 bits per heavy atom. The van der Waals surface area contributed by atoms with Crippen LogP contribution in [0.25, 0.3) is 11.0 Å². The molecule has 0 radical (unpaired) electrons. The second kappa shape index (κ2) is 5.90. The van der Waals surface area contributed by atoms with Crippen molar-refractivity contribution in [2.75, 3.05) is 12.3 Å². The van der Waals surface area contributed by atoms with Gasteiger partial charge in [0.05, 0.1) is 18.5 Å². The van der Waals surface area contributed by atoms with Gasteiger partial charge in [-0.25, -0.2) is 15.0 Å². The molecular formula is C13H17N7O. The molecule has 8 nitrogen and oxygen atoms in total. The molecule has 110 valence electrons. The monoisotopic (exact) mass is 287 g/mol. The summed E-state index contributed by atoms with van der Waals surface area (Å²) in [5.41, 5.74) is 9.29. The van der Waals surface area contributed by atoms with Gasteiger partial charge in [-0.3, -0.25) is 0 Å². The van der Waals surface area contributed by atoms with Crippen LogP contribution in [-0.2, 0) is 13.0 Å². The first kappa shape index (κ1) is 13.5. The Balaban J connectivity index is 1.69. The number of imidazole rings is 1. The van der Waals surface area contributed by atoms with Gasteiger partial charge in [-0.1, -0.05) is 0 Å². The zero-order valence-corrected chi connectivity index (χ0v) is 11.4. The van der Waals surface area contributed by atoms with Crippen molar-refractivity contribution in [1.82, 2.24) is 30.2 Å². The molecular weight excluding hydrogens is 270 g/mol. The third kappa shape index (κ3) is 2.86. The van der Waals surface area contributed by atoms with E-state index in [1.165, 1.54) is 6.33 Å². The number of nitrogens with zero attached hydrogens (tertiary/aromatic N) is 3. The van der Waals surface area contributed by atoms with Crippen molar-refractivity contribution in [2.24, 2.45) is 0 Å². The molecule has 6 N–H and O–H groups in total. The average Bonchev–Trinajstić information content (AvgIpc) is 3.13. The van der Waals surface area contributed by atoms with Crippen molar-refractivity contribution >= 4 is 16.9 Å². The predicted octanol–water partition coefficient (Wildman–Crippen LogP) is -0.0436. The first-order chi connectivity index (χ1) is 10.3. The highest BCUT2D eigenvalue weighted by Crippen LogP contribution is 2.18. The van der Waals surface area contributed by atoms with E-state index in [4.69, 9.17) is 5.73 Å². The van der Waals surface area contributed by atoms with Crippen molar-refractivity contribution in [3.8, 4) is 0 Å². The number of fused-ring (bicyclic) bond motifs is 1. The topological polar surface area (TPSA) is 129 Å². The number of aromatic amines is 2. The van der Waals surface area contributed by atoms with Gasteiger partial charge in [0, 0.05) is 42.7 Å². The maximum absolute atomic E-state index is 9.46. The molecule has 3 aromatic heterocycles. The van der Waals surface area contributed by atoms with Crippen molar-refractivity contribution < 1.29 is 5.11 Å². The van der Waals surface area contributed by atoms with Crippen LogP contribution in [-0.4, -0.2) is 42.7 Å². The Bertz CT molecular complexity index is 706. The molecule has 0 aromatic carbocycles. The van der Waals surface area contributed by atoms with Crippen LogP contribution in [0.2, 0.25) is 0 Å². The number of H-pyrrole nitrogens is 2. The fraction of sp³-hybridized carbons (Fsp3) is 0.308. The zero-order valence-electron chi connectivity index (χ0n) is 11.4. The van der Waals surface area contributed by atoms with E-state index in [-0.39, 0.29) is 12.6 Å². The predicted molar refractivity (Wildman–Crippen MR) is 78.3 cm³/mol. The van der Waals surface area contributed by atoms with Crippen molar-refractivity contribution in [3.05, 3.63) is 36.3 Å². The van der Waals surface area contributed by atoms with E-state index in [0.29, 0.717) is 18.8 Å². The molecule has 1 unspecified atom stereocenters. The van der Waals surface area contributed by atoms with Gasteiger partial charge in [-0.15, -0.1) is 0 Å². The number of rotatable bonds is 6. The van der Waals surface area contributed by atoms with Gasteiger partial charge in [-0.2, -0.15) is 0 Å². The van der Waals surface area contributed by atoms with E-state index in [2.05, 4.69) is 30.2 Å². The number of hydrogen-bond donors (Lipinski definition) is 5. The smallest absolute Gasteiger partial charge is 0.151 e. The fourth-order valence-corrected chi connectivity index (χ4v) is 2.26. The minimum Gasteiger partial charge on any atom is -0.395 e. The maximum atomic E-state index is 9.46. The van der Waals surface area contributed by atoms with E-state index in [1.54, 1.807) is 12.5 Å². The summed E-state index contributed by atoms with van der Waals surface area (Å²) in [5.74, 6) is 0.433. The number of nitrogen functional groups attached to an aromatic ring is 1. The van der Waals surface area contributed by atoms with Crippen LogP contribution in [0.1, 0.15) is 11.3 Å².